The average Bonchev–Trinajstić information content (AvgIpc) is 1.87. The van der Waals surface area contributed by atoms with E-state index in [-0.39, 0.29) is 0 Å². The van der Waals surface area contributed by atoms with Gasteiger partial charge in [0.25, 0.3) is 0 Å². The van der Waals surface area contributed by atoms with Crippen molar-refractivity contribution in [1.82, 2.24) is 4.57 Å². The highest BCUT2D eigenvalue weighted by atomic mass is 28.3. The van der Waals surface area contributed by atoms with E-state index in [1.807, 2.05) is 0 Å². The van der Waals surface area contributed by atoms with Crippen molar-refractivity contribution in [2.24, 2.45) is 0 Å². The van der Waals surface area contributed by atoms with Crippen LogP contribution >= 0.6 is 0 Å². The van der Waals surface area contributed by atoms with Crippen LogP contribution in [0.5, 0.6) is 0 Å². The molecule has 0 bridgehead atoms. The minimum absolute atomic E-state index is 0.487. The van der Waals surface area contributed by atoms with E-state index in [1.165, 1.54) is 25.9 Å². The molecule has 0 aromatic carbocycles. The second kappa shape index (κ2) is 5.92. The van der Waals surface area contributed by atoms with E-state index in [0.29, 0.717) is 0 Å². The predicted octanol–water partition coefficient (Wildman–Crippen LogP) is 2.09. The molecular weight excluding hydrogens is 138 g/mol. The van der Waals surface area contributed by atoms with E-state index in [2.05, 4.69) is 31.5 Å². The molecule has 0 fully saturated rings. The fourth-order valence-corrected chi connectivity index (χ4v) is 2.75. The lowest BCUT2D eigenvalue weighted by Gasteiger charge is -2.24. The molecule has 0 heterocycles. The van der Waals surface area contributed by atoms with Gasteiger partial charge in [-0.1, -0.05) is 26.9 Å². The summed E-state index contributed by atoms with van der Waals surface area (Å²) in [4.78, 5) is 0. The number of nitrogens with zero attached hydrogens (tertiary/aromatic N) is 1. The maximum absolute atomic E-state index is 2.67. The van der Waals surface area contributed by atoms with Crippen molar-refractivity contribution >= 4 is 8.96 Å². The lowest BCUT2D eigenvalue weighted by atomic mass is 10.4. The van der Waals surface area contributed by atoms with Gasteiger partial charge in [-0.05, 0) is 25.9 Å². The Labute approximate surface area is 67.1 Å². The van der Waals surface area contributed by atoms with E-state index in [0.717, 1.165) is 0 Å². The van der Waals surface area contributed by atoms with Gasteiger partial charge >= 0.3 is 0 Å². The van der Waals surface area contributed by atoms with Crippen LogP contribution in [0.3, 0.4) is 0 Å². The topological polar surface area (TPSA) is 3.24 Å². The molecule has 0 aromatic rings. The molecular formula is C8H21NSi. The van der Waals surface area contributed by atoms with Crippen molar-refractivity contribution < 1.29 is 0 Å². The lowest BCUT2D eigenvalue weighted by molar-refractivity contribution is 0.433. The maximum Gasteiger partial charge on any atom is 0.105 e. The van der Waals surface area contributed by atoms with E-state index >= 15 is 0 Å². The molecule has 0 amide bonds. The Balaban J connectivity index is 3.50. The van der Waals surface area contributed by atoms with Crippen LogP contribution in [-0.2, 0) is 0 Å². The quantitative estimate of drug-likeness (QED) is 0.555. The van der Waals surface area contributed by atoms with Crippen LogP contribution in [0.1, 0.15) is 26.7 Å². The summed E-state index contributed by atoms with van der Waals surface area (Å²) in [5, 5.41) is 0. The number of rotatable bonds is 5. The third-order valence-electron chi connectivity index (χ3n) is 1.75. The summed E-state index contributed by atoms with van der Waals surface area (Å²) in [7, 11) is -0.487. The van der Waals surface area contributed by atoms with Gasteiger partial charge in [0.1, 0.15) is 8.96 Å². The zero-order chi connectivity index (χ0) is 7.98. The van der Waals surface area contributed by atoms with Gasteiger partial charge in [-0.25, -0.2) is 0 Å². The first kappa shape index (κ1) is 10.2. The fraction of sp³-hybridized carbons (Fsp3) is 1.00. The zero-order valence-corrected chi connectivity index (χ0v) is 9.01. The normalized spacial score (nSPS) is 11.4. The summed E-state index contributed by atoms with van der Waals surface area (Å²) < 4.78 is 2.67. The van der Waals surface area contributed by atoms with Gasteiger partial charge in [0.2, 0.25) is 0 Å². The van der Waals surface area contributed by atoms with E-state index in [1.54, 1.807) is 0 Å². The van der Waals surface area contributed by atoms with Crippen LogP contribution in [0, 0.1) is 0 Å². The summed E-state index contributed by atoms with van der Waals surface area (Å²) in [6.45, 7) is 12.0. The zero-order valence-electron chi connectivity index (χ0n) is 7.85. The van der Waals surface area contributed by atoms with Crippen molar-refractivity contribution in [3.05, 3.63) is 0 Å². The summed E-state index contributed by atoms with van der Waals surface area (Å²) in [5.41, 5.74) is 0. The Kier molecular flexibility index (Phi) is 6.03. The molecule has 10 heavy (non-hydrogen) atoms. The molecule has 0 aliphatic heterocycles. The molecule has 0 atom stereocenters. The first-order chi connectivity index (χ1) is 4.72. The highest BCUT2D eigenvalue weighted by molar-refractivity contribution is 6.52. The molecule has 0 aliphatic carbocycles. The molecule has 0 saturated carbocycles. The van der Waals surface area contributed by atoms with Gasteiger partial charge in [0, 0.05) is 0 Å². The fourth-order valence-electron chi connectivity index (χ4n) is 1.20. The molecule has 0 unspecified atom stereocenters. The highest BCUT2D eigenvalue weighted by Crippen LogP contribution is 1.97. The summed E-state index contributed by atoms with van der Waals surface area (Å²) in [6.07, 6.45) is 2.62. The predicted molar refractivity (Wildman–Crippen MR) is 51.0 cm³/mol. The Morgan fingerprint density at radius 2 is 1.40 bits per heavy atom. The summed E-state index contributed by atoms with van der Waals surface area (Å²) >= 11 is 0. The second-order valence-electron chi connectivity index (χ2n) is 3.13. The Hall–Kier alpha value is 0.177. The van der Waals surface area contributed by atoms with Gasteiger partial charge in [-0.3, -0.25) is 0 Å². The Morgan fingerprint density at radius 1 is 1.00 bits per heavy atom. The van der Waals surface area contributed by atoms with Crippen molar-refractivity contribution in [2.45, 2.75) is 39.8 Å². The van der Waals surface area contributed by atoms with Gasteiger partial charge in [0.15, 0.2) is 0 Å². The van der Waals surface area contributed by atoms with Crippen molar-refractivity contribution in [2.75, 3.05) is 13.1 Å². The Morgan fingerprint density at radius 3 is 1.60 bits per heavy atom. The minimum Gasteiger partial charge on any atom is -0.327 e. The third kappa shape index (κ3) is 4.07. The molecule has 0 N–H and O–H groups in total. The van der Waals surface area contributed by atoms with Gasteiger partial charge < -0.3 is 4.57 Å². The van der Waals surface area contributed by atoms with Crippen LogP contribution in [0.2, 0.25) is 13.1 Å². The average molecular weight is 159 g/mol. The molecule has 2 heteroatoms. The van der Waals surface area contributed by atoms with Crippen molar-refractivity contribution in [3.8, 4) is 0 Å². The molecule has 1 nitrogen and oxygen atoms in total. The standard InChI is InChI=1S/C8H21NSi/c1-5-7-9(8-6-2)10(3)4/h10H,5-8H2,1-4H3. The first-order valence-corrected chi connectivity index (χ1v) is 7.29. The first-order valence-electron chi connectivity index (χ1n) is 4.46. The maximum atomic E-state index is 2.67. The number of hydrogen-bond acceptors (Lipinski definition) is 1. The molecule has 0 saturated heterocycles. The largest absolute Gasteiger partial charge is 0.327 e. The summed E-state index contributed by atoms with van der Waals surface area (Å²) in [5.74, 6) is 0. The molecule has 0 aromatic heterocycles. The SMILES string of the molecule is CCCN(CCC)[SiH](C)C. The lowest BCUT2D eigenvalue weighted by Crippen LogP contribution is -2.35. The molecule has 0 radical (unpaired) electrons. The highest BCUT2D eigenvalue weighted by Gasteiger charge is 2.06. The van der Waals surface area contributed by atoms with Crippen molar-refractivity contribution in [1.29, 1.82) is 0 Å². The van der Waals surface area contributed by atoms with Gasteiger partial charge in [0.05, 0.1) is 0 Å². The Bertz CT molecular complexity index is 67.7. The van der Waals surface area contributed by atoms with Crippen LogP contribution < -0.4 is 0 Å². The monoisotopic (exact) mass is 159 g/mol. The summed E-state index contributed by atoms with van der Waals surface area (Å²) in [6, 6.07) is 0. The number of hydrogen-bond donors (Lipinski definition) is 0. The molecule has 0 rings (SSSR count). The molecule has 62 valence electrons. The van der Waals surface area contributed by atoms with Crippen LogP contribution in [0.15, 0.2) is 0 Å². The van der Waals surface area contributed by atoms with E-state index in [4.69, 9.17) is 0 Å². The van der Waals surface area contributed by atoms with E-state index < -0.39 is 8.96 Å². The molecule has 0 aliphatic rings. The van der Waals surface area contributed by atoms with Crippen molar-refractivity contribution in [3.63, 3.8) is 0 Å². The van der Waals surface area contributed by atoms with Gasteiger partial charge in [-0.15, -0.1) is 0 Å². The van der Waals surface area contributed by atoms with Crippen LogP contribution in [0.25, 0.3) is 0 Å². The minimum atomic E-state index is -0.487. The van der Waals surface area contributed by atoms with E-state index in [9.17, 15) is 0 Å². The smallest absolute Gasteiger partial charge is 0.105 e. The van der Waals surface area contributed by atoms with Gasteiger partial charge in [-0.2, -0.15) is 0 Å². The molecule has 0 spiro atoms. The third-order valence-corrected chi connectivity index (χ3v) is 3.73. The van der Waals surface area contributed by atoms with Crippen LogP contribution in [-0.4, -0.2) is 26.6 Å². The van der Waals surface area contributed by atoms with Crippen LogP contribution in [0.4, 0.5) is 0 Å². The second-order valence-corrected chi connectivity index (χ2v) is 6.05.